The fourth-order valence-corrected chi connectivity index (χ4v) is 8.77. The minimum absolute atomic E-state index is 0.0470. The molecule has 2 atom stereocenters. The van der Waals surface area contributed by atoms with Crippen LogP contribution < -0.4 is 0 Å². The van der Waals surface area contributed by atoms with Crippen molar-refractivity contribution in [1.82, 2.24) is 9.47 Å². The average Bonchev–Trinajstić information content (AvgIpc) is 3.60. The van der Waals surface area contributed by atoms with Crippen LogP contribution in [0.15, 0.2) is 132 Å². The molecule has 2 unspecified atom stereocenters. The SMILES string of the molecule is CC/C=C\C1=C(C)N(C2=C(c3cc(C#N)ccc3-c3cccc(-n4c5c(c6cc(C)ccc64)CCC=C5)c3)CCC=C2)C2(C)C=CC(C#N)=CC12. The van der Waals surface area contributed by atoms with Crippen molar-refractivity contribution in [1.29, 1.82) is 10.5 Å². The highest BCUT2D eigenvalue weighted by atomic mass is 15.2. The highest BCUT2D eigenvalue weighted by Crippen LogP contribution is 2.51. The molecule has 0 radical (unpaired) electrons. The van der Waals surface area contributed by atoms with E-state index in [1.807, 2.05) is 12.1 Å². The Labute approximate surface area is 301 Å². The van der Waals surface area contributed by atoms with Gasteiger partial charge in [0.25, 0.3) is 0 Å². The summed E-state index contributed by atoms with van der Waals surface area (Å²) < 4.78 is 2.42. The van der Waals surface area contributed by atoms with Crippen LogP contribution in [0.5, 0.6) is 0 Å². The normalized spacial score (nSPS) is 20.9. The lowest BCUT2D eigenvalue weighted by atomic mass is 9.77. The van der Waals surface area contributed by atoms with Crippen LogP contribution in [-0.4, -0.2) is 15.0 Å². The largest absolute Gasteiger partial charge is 0.335 e. The molecule has 4 aromatic rings. The minimum atomic E-state index is -0.381. The fourth-order valence-electron chi connectivity index (χ4n) is 8.77. The summed E-state index contributed by atoms with van der Waals surface area (Å²) in [7, 11) is 0. The zero-order valence-electron chi connectivity index (χ0n) is 29.9. The lowest BCUT2D eigenvalue weighted by Gasteiger charge is -2.43. The molecular formula is C47H42N4. The van der Waals surface area contributed by atoms with Crippen LogP contribution in [0.1, 0.15) is 74.4 Å². The van der Waals surface area contributed by atoms with E-state index in [1.54, 1.807) is 0 Å². The number of hydrogen-bond donors (Lipinski definition) is 0. The number of aromatic nitrogens is 1. The van der Waals surface area contributed by atoms with E-state index in [1.165, 1.54) is 44.6 Å². The highest BCUT2D eigenvalue weighted by Gasteiger charge is 2.48. The Bertz CT molecular complexity index is 2420. The van der Waals surface area contributed by atoms with E-state index in [0.29, 0.717) is 11.1 Å². The third kappa shape index (κ3) is 5.26. The topological polar surface area (TPSA) is 55.8 Å². The molecule has 0 spiro atoms. The van der Waals surface area contributed by atoms with Crippen molar-refractivity contribution in [3.63, 3.8) is 0 Å². The van der Waals surface area contributed by atoms with Gasteiger partial charge in [-0.1, -0.05) is 73.2 Å². The molecule has 51 heavy (non-hydrogen) atoms. The van der Waals surface area contributed by atoms with Gasteiger partial charge in [-0.3, -0.25) is 0 Å². The van der Waals surface area contributed by atoms with Gasteiger partial charge in [0.15, 0.2) is 0 Å². The smallest absolute Gasteiger partial charge is 0.0991 e. The van der Waals surface area contributed by atoms with E-state index in [4.69, 9.17) is 0 Å². The zero-order chi connectivity index (χ0) is 35.3. The molecule has 0 fully saturated rings. The Morgan fingerprint density at radius 1 is 0.902 bits per heavy atom. The van der Waals surface area contributed by atoms with Crippen LogP contribution in [0.2, 0.25) is 0 Å². The minimum Gasteiger partial charge on any atom is -0.335 e. The number of fused-ring (bicyclic) bond motifs is 4. The molecule has 4 aliphatic rings. The van der Waals surface area contributed by atoms with Crippen LogP contribution in [0, 0.1) is 35.5 Å². The maximum atomic E-state index is 10.1. The molecule has 0 bridgehead atoms. The van der Waals surface area contributed by atoms with Crippen molar-refractivity contribution in [3.05, 3.63) is 160 Å². The Kier molecular flexibility index (Phi) is 8.13. The molecule has 4 nitrogen and oxygen atoms in total. The average molecular weight is 663 g/mol. The van der Waals surface area contributed by atoms with E-state index in [9.17, 15) is 10.5 Å². The number of allylic oxidation sites excluding steroid dienone is 9. The van der Waals surface area contributed by atoms with E-state index >= 15 is 0 Å². The van der Waals surface area contributed by atoms with Crippen LogP contribution in [-0.2, 0) is 6.42 Å². The van der Waals surface area contributed by atoms with Gasteiger partial charge < -0.3 is 9.47 Å². The van der Waals surface area contributed by atoms with Crippen molar-refractivity contribution < 1.29 is 0 Å². The number of nitriles is 2. The summed E-state index contributed by atoms with van der Waals surface area (Å²) in [6.45, 7) is 8.83. The summed E-state index contributed by atoms with van der Waals surface area (Å²) in [4.78, 5) is 2.49. The lowest BCUT2D eigenvalue weighted by Crippen LogP contribution is -2.44. The van der Waals surface area contributed by atoms with Gasteiger partial charge in [0.1, 0.15) is 0 Å². The summed E-state index contributed by atoms with van der Waals surface area (Å²) in [6.07, 6.45) is 24.8. The lowest BCUT2D eigenvalue weighted by molar-refractivity contribution is 0.249. The van der Waals surface area contributed by atoms with Gasteiger partial charge in [0.2, 0.25) is 0 Å². The quantitative estimate of drug-likeness (QED) is 0.206. The highest BCUT2D eigenvalue weighted by molar-refractivity contribution is 5.92. The maximum Gasteiger partial charge on any atom is 0.0991 e. The van der Waals surface area contributed by atoms with Crippen molar-refractivity contribution in [2.75, 3.05) is 0 Å². The second kappa shape index (κ2) is 12.8. The van der Waals surface area contributed by atoms with Crippen LogP contribution in [0.4, 0.5) is 0 Å². The molecule has 3 aromatic carbocycles. The van der Waals surface area contributed by atoms with Gasteiger partial charge in [-0.05, 0) is 141 Å². The number of nitrogens with zero attached hydrogens (tertiary/aromatic N) is 4. The van der Waals surface area contributed by atoms with E-state index in [0.717, 1.165) is 60.2 Å². The first-order valence-electron chi connectivity index (χ1n) is 18.2. The summed E-state index contributed by atoms with van der Waals surface area (Å²) in [6, 6.07) is 26.7. The molecule has 1 aliphatic heterocycles. The monoisotopic (exact) mass is 662 g/mol. The summed E-state index contributed by atoms with van der Waals surface area (Å²) >= 11 is 0. The second-order valence-corrected chi connectivity index (χ2v) is 14.3. The summed E-state index contributed by atoms with van der Waals surface area (Å²) in [5.74, 6) is 0.0470. The Morgan fingerprint density at radius 2 is 1.75 bits per heavy atom. The first-order chi connectivity index (χ1) is 24.9. The van der Waals surface area contributed by atoms with Crippen LogP contribution >= 0.6 is 0 Å². The molecule has 250 valence electrons. The number of rotatable bonds is 6. The van der Waals surface area contributed by atoms with Gasteiger partial charge in [-0.2, -0.15) is 10.5 Å². The number of hydrogen-bond acceptors (Lipinski definition) is 3. The first-order valence-corrected chi connectivity index (χ1v) is 18.2. The molecule has 1 aromatic heterocycles. The standard InChI is InChI=1S/C47H42N4/c1-5-6-14-37-32(3)51(47(4)24-23-34(30-49)27-43(37)47)46-18-10-8-15-39(46)41-26-33(29-48)20-21-38(41)35-12-11-13-36(28-35)50-44-17-9-7-16-40(44)42-25-31(2)19-22-45(42)50/h6,9-14,17-28,43H,5,7-8,15-16H2,1-4H3/b14-6-. The molecular weight excluding hydrogens is 621 g/mol. The third-order valence-electron chi connectivity index (χ3n) is 11.2. The number of benzene rings is 3. The molecule has 0 N–H and O–H groups in total. The van der Waals surface area contributed by atoms with Gasteiger partial charge in [0, 0.05) is 39.7 Å². The van der Waals surface area contributed by atoms with Gasteiger partial charge in [-0.25, -0.2) is 0 Å². The second-order valence-electron chi connectivity index (χ2n) is 14.3. The molecule has 8 rings (SSSR count). The van der Waals surface area contributed by atoms with Crippen molar-refractivity contribution >= 4 is 22.6 Å². The van der Waals surface area contributed by atoms with Crippen molar-refractivity contribution in [2.45, 2.75) is 65.3 Å². The van der Waals surface area contributed by atoms with Crippen LogP contribution in [0.25, 0.3) is 39.4 Å². The van der Waals surface area contributed by atoms with E-state index < -0.39 is 0 Å². The Balaban J connectivity index is 1.32. The summed E-state index contributed by atoms with van der Waals surface area (Å²) in [5.41, 5.74) is 15.5. The molecule has 0 saturated heterocycles. The van der Waals surface area contributed by atoms with Crippen LogP contribution in [0.3, 0.4) is 0 Å². The van der Waals surface area contributed by atoms with E-state index in [-0.39, 0.29) is 11.5 Å². The molecule has 0 saturated carbocycles. The fraction of sp³-hybridized carbons (Fsp3) is 0.234. The maximum absolute atomic E-state index is 10.1. The molecule has 3 aliphatic carbocycles. The van der Waals surface area contributed by atoms with Gasteiger partial charge in [0.05, 0.1) is 28.8 Å². The van der Waals surface area contributed by atoms with Crippen molar-refractivity contribution in [2.24, 2.45) is 5.92 Å². The number of aryl methyl sites for hydroxylation is 2. The molecule has 2 heterocycles. The summed E-state index contributed by atoms with van der Waals surface area (Å²) in [5, 5.41) is 21.3. The first kappa shape index (κ1) is 32.4. The Morgan fingerprint density at radius 3 is 2.57 bits per heavy atom. The van der Waals surface area contributed by atoms with Gasteiger partial charge >= 0.3 is 0 Å². The van der Waals surface area contributed by atoms with E-state index in [2.05, 4.69) is 153 Å². The molecule has 4 heteroatoms. The zero-order valence-corrected chi connectivity index (χ0v) is 29.9. The Hall–Kier alpha value is -5.84. The van der Waals surface area contributed by atoms with Crippen molar-refractivity contribution in [3.8, 4) is 29.0 Å². The third-order valence-corrected chi connectivity index (χ3v) is 11.2. The molecule has 0 amide bonds. The predicted molar refractivity (Wildman–Crippen MR) is 210 cm³/mol. The van der Waals surface area contributed by atoms with Gasteiger partial charge in [-0.15, -0.1) is 0 Å². The predicted octanol–water partition coefficient (Wildman–Crippen LogP) is 11.4.